The van der Waals surface area contributed by atoms with Crippen LogP contribution in [0, 0.1) is 4.64 Å². The van der Waals surface area contributed by atoms with Crippen molar-refractivity contribution in [2.75, 3.05) is 0 Å². The van der Waals surface area contributed by atoms with E-state index in [0.29, 0.717) is 5.92 Å². The Kier molecular flexibility index (Phi) is 4.10. The summed E-state index contributed by atoms with van der Waals surface area (Å²) in [6.45, 7) is 2.15. The fourth-order valence-electron chi connectivity index (χ4n) is 2.47. The van der Waals surface area contributed by atoms with Gasteiger partial charge in [-0.3, -0.25) is 0 Å². The average molecular weight is 236 g/mol. The van der Waals surface area contributed by atoms with Gasteiger partial charge in [-0.15, -0.1) is 0 Å². The van der Waals surface area contributed by atoms with E-state index in [1.807, 2.05) is 6.07 Å². The van der Waals surface area contributed by atoms with Crippen LogP contribution in [0.3, 0.4) is 0 Å². The Morgan fingerprint density at radius 1 is 1.31 bits per heavy atom. The second-order valence-corrected chi connectivity index (χ2v) is 5.09. The quantitative estimate of drug-likeness (QED) is 0.617. The Bertz CT molecular complexity index is 389. The molecule has 88 valence electrons. The summed E-state index contributed by atoms with van der Waals surface area (Å²) >= 11 is 5.23. The number of nitrogens with one attached hydrogen (secondary N) is 1. The maximum absolute atomic E-state index is 5.23. The lowest BCUT2D eigenvalue weighted by atomic mass is 9.99. The third kappa shape index (κ3) is 2.91. The summed E-state index contributed by atoms with van der Waals surface area (Å²) in [7, 11) is 0. The molecular formula is C13H20N2S. The van der Waals surface area contributed by atoms with E-state index in [1.54, 1.807) is 0 Å². The van der Waals surface area contributed by atoms with Crippen molar-refractivity contribution in [3.8, 4) is 0 Å². The molecule has 1 aromatic rings. The van der Waals surface area contributed by atoms with Crippen molar-refractivity contribution in [2.24, 2.45) is 0 Å². The molecule has 0 aliphatic heterocycles. The number of hydrogen-bond acceptors (Lipinski definition) is 2. The minimum atomic E-state index is 0.607. The maximum Gasteiger partial charge on any atom is 0.129 e. The van der Waals surface area contributed by atoms with Gasteiger partial charge in [-0.2, -0.15) is 0 Å². The molecule has 1 aliphatic carbocycles. The normalized spacial score (nSPS) is 18.3. The first-order valence-corrected chi connectivity index (χ1v) is 6.80. The van der Waals surface area contributed by atoms with E-state index in [2.05, 4.69) is 16.9 Å². The smallest absolute Gasteiger partial charge is 0.129 e. The van der Waals surface area contributed by atoms with Crippen molar-refractivity contribution in [3.63, 3.8) is 0 Å². The summed E-state index contributed by atoms with van der Waals surface area (Å²) in [5.41, 5.74) is 1.22. The van der Waals surface area contributed by atoms with Gasteiger partial charge >= 0.3 is 0 Å². The number of hydrogen-bond donors (Lipinski definition) is 1. The number of aryl methyl sites for hydroxylation is 1. The summed E-state index contributed by atoms with van der Waals surface area (Å²) < 4.78 is 0.745. The van der Waals surface area contributed by atoms with Crippen LogP contribution in [0.15, 0.2) is 6.07 Å². The fourth-order valence-corrected chi connectivity index (χ4v) is 2.71. The molecular weight excluding hydrogens is 216 g/mol. The van der Waals surface area contributed by atoms with E-state index in [0.717, 1.165) is 16.9 Å². The molecule has 1 heterocycles. The van der Waals surface area contributed by atoms with Crippen LogP contribution in [0.4, 0.5) is 0 Å². The highest BCUT2D eigenvalue weighted by molar-refractivity contribution is 7.71. The molecule has 3 heteroatoms. The second-order valence-electron chi connectivity index (χ2n) is 4.67. The van der Waals surface area contributed by atoms with Crippen LogP contribution >= 0.6 is 12.2 Å². The van der Waals surface area contributed by atoms with Crippen molar-refractivity contribution in [1.82, 2.24) is 9.97 Å². The molecule has 16 heavy (non-hydrogen) atoms. The number of rotatable bonds is 2. The molecule has 0 spiro atoms. The molecule has 1 aromatic heterocycles. The standard InChI is InChI=1S/C13H20N2S/c1-2-11-9-12(16)15-13(14-11)10-7-5-3-4-6-8-10/h9-10H,2-8H2,1H3,(H,14,15,16). The number of H-pyrrole nitrogens is 1. The number of aromatic amines is 1. The van der Waals surface area contributed by atoms with Gasteiger partial charge in [0.2, 0.25) is 0 Å². The summed E-state index contributed by atoms with van der Waals surface area (Å²) in [6, 6.07) is 1.98. The van der Waals surface area contributed by atoms with Crippen LogP contribution in [0.1, 0.15) is 62.9 Å². The minimum absolute atomic E-state index is 0.607. The van der Waals surface area contributed by atoms with Crippen LogP contribution in [-0.2, 0) is 6.42 Å². The van der Waals surface area contributed by atoms with E-state index in [1.165, 1.54) is 44.2 Å². The zero-order chi connectivity index (χ0) is 11.4. The van der Waals surface area contributed by atoms with Crippen molar-refractivity contribution in [1.29, 1.82) is 0 Å². The lowest BCUT2D eigenvalue weighted by Gasteiger charge is -2.14. The molecule has 0 bridgehead atoms. The minimum Gasteiger partial charge on any atom is -0.347 e. The van der Waals surface area contributed by atoms with E-state index in [-0.39, 0.29) is 0 Å². The summed E-state index contributed by atoms with van der Waals surface area (Å²) in [4.78, 5) is 7.96. The first kappa shape index (κ1) is 11.8. The molecule has 0 atom stereocenters. The summed E-state index contributed by atoms with van der Waals surface area (Å²) in [6.07, 6.45) is 8.98. The molecule has 0 saturated heterocycles. The lowest BCUT2D eigenvalue weighted by molar-refractivity contribution is 0.557. The van der Waals surface area contributed by atoms with Crippen molar-refractivity contribution in [2.45, 2.75) is 57.8 Å². The Hall–Kier alpha value is -0.700. The van der Waals surface area contributed by atoms with Gasteiger partial charge in [0.25, 0.3) is 0 Å². The van der Waals surface area contributed by atoms with Crippen LogP contribution in [-0.4, -0.2) is 9.97 Å². The molecule has 0 amide bonds. The lowest BCUT2D eigenvalue weighted by Crippen LogP contribution is -2.06. The van der Waals surface area contributed by atoms with Crippen molar-refractivity contribution >= 4 is 12.2 Å². The molecule has 1 N–H and O–H groups in total. The molecule has 0 unspecified atom stereocenters. The summed E-state index contributed by atoms with van der Waals surface area (Å²) in [5.74, 6) is 1.74. The number of aromatic nitrogens is 2. The molecule has 2 nitrogen and oxygen atoms in total. The highest BCUT2D eigenvalue weighted by Crippen LogP contribution is 2.29. The fraction of sp³-hybridized carbons (Fsp3) is 0.692. The second kappa shape index (κ2) is 5.58. The third-order valence-corrected chi connectivity index (χ3v) is 3.65. The molecule has 1 fully saturated rings. The number of nitrogens with zero attached hydrogens (tertiary/aromatic N) is 1. The van der Waals surface area contributed by atoms with E-state index >= 15 is 0 Å². The van der Waals surface area contributed by atoms with Crippen LogP contribution < -0.4 is 0 Å². The Morgan fingerprint density at radius 3 is 2.62 bits per heavy atom. The van der Waals surface area contributed by atoms with E-state index in [4.69, 9.17) is 12.2 Å². The Balaban J connectivity index is 2.23. The largest absolute Gasteiger partial charge is 0.347 e. The van der Waals surface area contributed by atoms with Gasteiger partial charge in [0, 0.05) is 11.6 Å². The summed E-state index contributed by atoms with van der Waals surface area (Å²) in [5, 5.41) is 0. The Labute approximate surface area is 103 Å². The Morgan fingerprint density at radius 2 is 2.00 bits per heavy atom. The topological polar surface area (TPSA) is 28.7 Å². The maximum atomic E-state index is 5.23. The van der Waals surface area contributed by atoms with Crippen molar-refractivity contribution in [3.05, 3.63) is 22.2 Å². The van der Waals surface area contributed by atoms with Gasteiger partial charge in [-0.25, -0.2) is 4.98 Å². The third-order valence-electron chi connectivity index (χ3n) is 3.44. The van der Waals surface area contributed by atoms with Crippen LogP contribution in [0.2, 0.25) is 0 Å². The van der Waals surface area contributed by atoms with Gasteiger partial charge in [0.15, 0.2) is 0 Å². The molecule has 1 aliphatic rings. The zero-order valence-electron chi connectivity index (χ0n) is 9.96. The predicted octanol–water partition coefficient (Wildman–Crippen LogP) is 4.14. The van der Waals surface area contributed by atoms with Gasteiger partial charge in [0.1, 0.15) is 10.5 Å². The van der Waals surface area contributed by atoms with Gasteiger partial charge in [-0.05, 0) is 25.3 Å². The van der Waals surface area contributed by atoms with Crippen LogP contribution in [0.5, 0.6) is 0 Å². The van der Waals surface area contributed by atoms with Gasteiger partial charge in [-0.1, -0.05) is 44.8 Å². The van der Waals surface area contributed by atoms with E-state index in [9.17, 15) is 0 Å². The molecule has 1 saturated carbocycles. The average Bonchev–Trinajstić information content (AvgIpc) is 2.56. The molecule has 0 aromatic carbocycles. The molecule has 2 rings (SSSR count). The van der Waals surface area contributed by atoms with Gasteiger partial charge in [0.05, 0.1) is 0 Å². The monoisotopic (exact) mass is 236 g/mol. The van der Waals surface area contributed by atoms with Crippen molar-refractivity contribution < 1.29 is 0 Å². The first-order valence-electron chi connectivity index (χ1n) is 6.39. The zero-order valence-corrected chi connectivity index (χ0v) is 10.8. The highest BCUT2D eigenvalue weighted by atomic mass is 32.1. The first-order chi connectivity index (χ1) is 7.79. The van der Waals surface area contributed by atoms with E-state index < -0.39 is 0 Å². The SMILES string of the molecule is CCc1cc(=S)nc(C2CCCCCC2)[nH]1. The van der Waals surface area contributed by atoms with Gasteiger partial charge < -0.3 is 4.98 Å². The van der Waals surface area contributed by atoms with Crippen LogP contribution in [0.25, 0.3) is 0 Å². The predicted molar refractivity (Wildman–Crippen MR) is 69.2 cm³/mol. The molecule has 0 radical (unpaired) electrons. The highest BCUT2D eigenvalue weighted by Gasteiger charge is 2.16.